The maximum Gasteiger partial charge on any atom is 0.165 e. The van der Waals surface area contributed by atoms with E-state index >= 15 is 0 Å². The second-order valence-electron chi connectivity index (χ2n) is 4.03. The first kappa shape index (κ1) is 12.9. The van der Waals surface area contributed by atoms with Gasteiger partial charge in [-0.25, -0.2) is 4.39 Å². The van der Waals surface area contributed by atoms with Gasteiger partial charge in [0.2, 0.25) is 0 Å². The van der Waals surface area contributed by atoms with Crippen LogP contribution in [0.1, 0.15) is 11.1 Å². The first-order chi connectivity index (χ1) is 8.58. The quantitative estimate of drug-likeness (QED) is 0.868. The molecule has 0 spiro atoms. The number of hydrogen-bond donors (Lipinski definition) is 1. The fraction of sp³-hybridized carbons (Fsp3) is 0.143. The summed E-state index contributed by atoms with van der Waals surface area (Å²) in [7, 11) is 0. The third-order valence-electron chi connectivity index (χ3n) is 2.61. The number of benzene rings is 2. The maximum absolute atomic E-state index is 13.5. The molecule has 94 valence electrons. The molecule has 2 N–H and O–H groups in total. The highest BCUT2D eigenvalue weighted by Gasteiger charge is 2.08. The fourth-order valence-corrected chi connectivity index (χ4v) is 2.09. The Hall–Kier alpha value is -1.55. The third kappa shape index (κ3) is 2.82. The van der Waals surface area contributed by atoms with Crippen LogP contribution in [0.2, 0.25) is 0 Å². The summed E-state index contributed by atoms with van der Waals surface area (Å²) in [6.45, 7) is 2.12. The normalized spacial score (nSPS) is 10.4. The van der Waals surface area contributed by atoms with Gasteiger partial charge in [-0.15, -0.1) is 0 Å². The summed E-state index contributed by atoms with van der Waals surface area (Å²) in [4.78, 5) is 0. The van der Waals surface area contributed by atoms with Gasteiger partial charge in [-0.05, 0) is 36.8 Å². The van der Waals surface area contributed by atoms with Crippen LogP contribution in [0.5, 0.6) is 5.75 Å². The van der Waals surface area contributed by atoms with E-state index in [1.807, 2.05) is 19.1 Å². The topological polar surface area (TPSA) is 35.2 Å². The molecule has 18 heavy (non-hydrogen) atoms. The predicted octanol–water partition coefficient (Wildman–Crippen LogP) is 4.06. The van der Waals surface area contributed by atoms with Gasteiger partial charge < -0.3 is 10.5 Å². The van der Waals surface area contributed by atoms with Crippen LogP contribution in [0.3, 0.4) is 0 Å². The van der Waals surface area contributed by atoms with Crippen LogP contribution in [-0.4, -0.2) is 0 Å². The Morgan fingerprint density at radius 1 is 1.28 bits per heavy atom. The smallest absolute Gasteiger partial charge is 0.165 e. The molecule has 0 saturated carbocycles. The van der Waals surface area contributed by atoms with Crippen molar-refractivity contribution in [1.82, 2.24) is 0 Å². The van der Waals surface area contributed by atoms with Crippen LogP contribution in [-0.2, 0) is 6.61 Å². The molecule has 0 aliphatic rings. The van der Waals surface area contributed by atoms with Gasteiger partial charge in [0.1, 0.15) is 6.61 Å². The van der Waals surface area contributed by atoms with E-state index in [4.69, 9.17) is 10.5 Å². The highest BCUT2D eigenvalue weighted by molar-refractivity contribution is 9.10. The molecule has 0 radical (unpaired) electrons. The number of rotatable bonds is 3. The lowest BCUT2D eigenvalue weighted by molar-refractivity contribution is 0.290. The molecule has 0 bridgehead atoms. The van der Waals surface area contributed by atoms with Gasteiger partial charge in [0.05, 0.1) is 0 Å². The van der Waals surface area contributed by atoms with E-state index < -0.39 is 0 Å². The zero-order valence-corrected chi connectivity index (χ0v) is 11.5. The van der Waals surface area contributed by atoms with E-state index in [9.17, 15) is 4.39 Å². The summed E-state index contributed by atoms with van der Waals surface area (Å²) < 4.78 is 19.8. The number of nitrogen functional groups attached to an aromatic ring is 1. The lowest BCUT2D eigenvalue weighted by Crippen LogP contribution is -2.02. The first-order valence-electron chi connectivity index (χ1n) is 5.50. The van der Waals surface area contributed by atoms with Gasteiger partial charge in [0.25, 0.3) is 0 Å². The summed E-state index contributed by atoms with van der Waals surface area (Å²) in [5.74, 6) is -0.128. The van der Waals surface area contributed by atoms with Gasteiger partial charge in [-0.2, -0.15) is 0 Å². The monoisotopic (exact) mass is 309 g/mol. The molecule has 0 fully saturated rings. The zero-order valence-electron chi connectivity index (χ0n) is 9.91. The van der Waals surface area contributed by atoms with Crippen molar-refractivity contribution in [3.63, 3.8) is 0 Å². The summed E-state index contributed by atoms with van der Waals surface area (Å²) >= 11 is 3.40. The van der Waals surface area contributed by atoms with Crippen LogP contribution in [0, 0.1) is 12.7 Å². The highest BCUT2D eigenvalue weighted by atomic mass is 79.9. The molecular formula is C14H13BrFNO. The second-order valence-corrected chi connectivity index (χ2v) is 4.88. The van der Waals surface area contributed by atoms with Crippen molar-refractivity contribution < 1.29 is 9.13 Å². The first-order valence-corrected chi connectivity index (χ1v) is 6.29. The van der Waals surface area contributed by atoms with E-state index in [2.05, 4.69) is 15.9 Å². The molecule has 2 nitrogen and oxygen atoms in total. The molecule has 0 heterocycles. The van der Waals surface area contributed by atoms with Gasteiger partial charge in [0, 0.05) is 15.7 Å². The van der Waals surface area contributed by atoms with Crippen LogP contribution < -0.4 is 10.5 Å². The van der Waals surface area contributed by atoms with Gasteiger partial charge in [-0.1, -0.05) is 28.1 Å². The molecular weight excluding hydrogens is 297 g/mol. The summed E-state index contributed by atoms with van der Waals surface area (Å²) in [5, 5.41) is 0. The Bertz CT molecular complexity index is 551. The Labute approximate surface area is 114 Å². The molecule has 0 aliphatic heterocycles. The van der Waals surface area contributed by atoms with Crippen LogP contribution >= 0.6 is 15.9 Å². The Kier molecular flexibility index (Phi) is 3.87. The Morgan fingerprint density at radius 2 is 2.06 bits per heavy atom. The SMILES string of the molecule is Cc1ccc(F)c(OCc2c(N)cccc2Br)c1. The Morgan fingerprint density at radius 3 is 2.78 bits per heavy atom. The van der Waals surface area contributed by atoms with Crippen molar-refractivity contribution in [1.29, 1.82) is 0 Å². The standard InChI is InChI=1S/C14H13BrFNO/c1-9-5-6-12(16)14(7-9)18-8-10-11(15)3-2-4-13(10)17/h2-7H,8,17H2,1H3. The van der Waals surface area contributed by atoms with Crippen LogP contribution in [0.25, 0.3) is 0 Å². The lowest BCUT2D eigenvalue weighted by atomic mass is 10.2. The van der Waals surface area contributed by atoms with Crippen molar-refractivity contribution in [2.24, 2.45) is 0 Å². The number of aryl methyl sites for hydroxylation is 1. The molecule has 2 rings (SSSR count). The highest BCUT2D eigenvalue weighted by Crippen LogP contribution is 2.25. The zero-order chi connectivity index (χ0) is 13.1. The maximum atomic E-state index is 13.5. The van der Waals surface area contributed by atoms with E-state index in [1.54, 1.807) is 18.2 Å². The number of ether oxygens (including phenoxy) is 1. The molecule has 0 aliphatic carbocycles. The molecule has 0 unspecified atom stereocenters. The molecule has 0 atom stereocenters. The van der Waals surface area contributed by atoms with Gasteiger partial charge >= 0.3 is 0 Å². The van der Waals surface area contributed by atoms with E-state index in [-0.39, 0.29) is 18.2 Å². The molecule has 0 amide bonds. The lowest BCUT2D eigenvalue weighted by Gasteiger charge is -2.11. The number of nitrogens with two attached hydrogens (primary N) is 1. The molecule has 4 heteroatoms. The van der Waals surface area contributed by atoms with Crippen LogP contribution in [0.15, 0.2) is 40.9 Å². The van der Waals surface area contributed by atoms with Crippen molar-refractivity contribution in [3.05, 3.63) is 57.8 Å². The fourth-order valence-electron chi connectivity index (χ4n) is 1.60. The van der Waals surface area contributed by atoms with E-state index in [0.29, 0.717) is 5.69 Å². The Balaban J connectivity index is 2.19. The summed E-state index contributed by atoms with van der Waals surface area (Å²) in [6, 6.07) is 10.3. The summed E-state index contributed by atoms with van der Waals surface area (Å²) in [5.41, 5.74) is 8.24. The minimum atomic E-state index is -0.369. The number of hydrogen-bond acceptors (Lipinski definition) is 2. The molecule has 2 aromatic rings. The van der Waals surface area contributed by atoms with Crippen molar-refractivity contribution in [3.8, 4) is 5.75 Å². The minimum absolute atomic E-state index is 0.230. The van der Waals surface area contributed by atoms with Crippen molar-refractivity contribution in [2.45, 2.75) is 13.5 Å². The van der Waals surface area contributed by atoms with Gasteiger partial charge in [0.15, 0.2) is 11.6 Å². The number of halogens is 2. The van der Waals surface area contributed by atoms with E-state index in [1.165, 1.54) is 6.07 Å². The average Bonchev–Trinajstić information content (AvgIpc) is 2.33. The van der Waals surface area contributed by atoms with Gasteiger partial charge in [-0.3, -0.25) is 0 Å². The van der Waals surface area contributed by atoms with Crippen molar-refractivity contribution in [2.75, 3.05) is 5.73 Å². The number of anilines is 1. The largest absolute Gasteiger partial charge is 0.486 e. The predicted molar refractivity (Wildman–Crippen MR) is 74.0 cm³/mol. The van der Waals surface area contributed by atoms with E-state index in [0.717, 1.165) is 15.6 Å². The second kappa shape index (κ2) is 5.40. The summed E-state index contributed by atoms with van der Waals surface area (Å²) in [6.07, 6.45) is 0. The molecule has 0 saturated heterocycles. The van der Waals surface area contributed by atoms with Crippen LogP contribution in [0.4, 0.5) is 10.1 Å². The molecule has 2 aromatic carbocycles. The average molecular weight is 310 g/mol. The minimum Gasteiger partial charge on any atom is -0.486 e. The van der Waals surface area contributed by atoms with Crippen molar-refractivity contribution >= 4 is 21.6 Å². The third-order valence-corrected chi connectivity index (χ3v) is 3.36. The molecule has 0 aromatic heterocycles.